The van der Waals surface area contributed by atoms with E-state index in [0.29, 0.717) is 48.5 Å². The highest BCUT2D eigenvalue weighted by Crippen LogP contribution is 2.30. The third kappa shape index (κ3) is 5.14. The van der Waals surface area contributed by atoms with Crippen molar-refractivity contribution in [1.82, 2.24) is 9.88 Å². The maximum absolute atomic E-state index is 12.7. The highest BCUT2D eigenvalue weighted by atomic mass is 35.5. The normalized spacial score (nSPS) is 16.3. The molecule has 0 bridgehead atoms. The predicted molar refractivity (Wildman–Crippen MR) is 109 cm³/mol. The number of methoxy groups -OCH3 is 1. The van der Waals surface area contributed by atoms with Gasteiger partial charge < -0.3 is 15.0 Å². The standard InChI is InChI=1S/C20H22ClF3N4O2/c1-13(19(29)26-16-11-15(21)4-5-17(16)30-2)27-7-9-28(10-8-27)18-6-3-14(12-25-18)20(22,23)24/h3-6,11-13H,7-10H2,1-2H3,(H,26,29). The quantitative estimate of drug-likeness (QED) is 0.760. The molecule has 0 radical (unpaired) electrons. The Labute approximate surface area is 177 Å². The van der Waals surface area contributed by atoms with E-state index in [9.17, 15) is 18.0 Å². The lowest BCUT2D eigenvalue weighted by atomic mass is 10.2. The van der Waals surface area contributed by atoms with Crippen LogP contribution in [0.2, 0.25) is 5.02 Å². The van der Waals surface area contributed by atoms with E-state index in [-0.39, 0.29) is 5.91 Å². The molecule has 162 valence electrons. The van der Waals surface area contributed by atoms with Gasteiger partial charge in [-0.1, -0.05) is 11.6 Å². The number of anilines is 2. The number of amides is 1. The van der Waals surface area contributed by atoms with E-state index < -0.39 is 17.8 Å². The summed E-state index contributed by atoms with van der Waals surface area (Å²) in [6.07, 6.45) is -3.56. The molecule has 2 aromatic rings. The van der Waals surface area contributed by atoms with Crippen LogP contribution in [-0.4, -0.2) is 55.1 Å². The van der Waals surface area contributed by atoms with Crippen LogP contribution in [0.25, 0.3) is 0 Å². The number of hydrogen-bond donors (Lipinski definition) is 1. The van der Waals surface area contributed by atoms with Gasteiger partial charge in [-0.3, -0.25) is 9.69 Å². The zero-order chi connectivity index (χ0) is 21.9. The van der Waals surface area contributed by atoms with Crippen molar-refractivity contribution in [3.8, 4) is 5.75 Å². The molecular weight excluding hydrogens is 421 g/mol. The molecule has 10 heteroatoms. The molecule has 0 saturated carbocycles. The number of pyridine rings is 1. The van der Waals surface area contributed by atoms with Gasteiger partial charge in [0.05, 0.1) is 24.4 Å². The predicted octanol–water partition coefficient (Wildman–Crippen LogP) is 3.91. The topological polar surface area (TPSA) is 57.7 Å². The Kier molecular flexibility index (Phi) is 6.72. The molecule has 6 nitrogen and oxygen atoms in total. The average Bonchev–Trinajstić information content (AvgIpc) is 2.73. The maximum Gasteiger partial charge on any atom is 0.417 e. The van der Waals surface area contributed by atoms with Crippen LogP contribution in [0.15, 0.2) is 36.5 Å². The highest BCUT2D eigenvalue weighted by Gasteiger charge is 2.31. The van der Waals surface area contributed by atoms with Gasteiger partial charge in [0.1, 0.15) is 11.6 Å². The lowest BCUT2D eigenvalue weighted by molar-refractivity contribution is -0.137. The first-order valence-corrected chi connectivity index (χ1v) is 9.73. The first-order valence-electron chi connectivity index (χ1n) is 9.35. The van der Waals surface area contributed by atoms with Crippen LogP contribution in [0.5, 0.6) is 5.75 Å². The van der Waals surface area contributed by atoms with E-state index in [0.717, 1.165) is 12.3 Å². The van der Waals surface area contributed by atoms with Crippen LogP contribution in [0.4, 0.5) is 24.7 Å². The smallest absolute Gasteiger partial charge is 0.417 e. The molecule has 1 aromatic carbocycles. The minimum Gasteiger partial charge on any atom is -0.495 e. The third-order valence-electron chi connectivity index (χ3n) is 5.06. The van der Waals surface area contributed by atoms with Crippen molar-refractivity contribution in [1.29, 1.82) is 0 Å². The van der Waals surface area contributed by atoms with Gasteiger partial charge in [0, 0.05) is 37.4 Å². The largest absolute Gasteiger partial charge is 0.495 e. The summed E-state index contributed by atoms with van der Waals surface area (Å²) in [5, 5.41) is 3.32. The van der Waals surface area contributed by atoms with Gasteiger partial charge in [-0.25, -0.2) is 4.98 Å². The van der Waals surface area contributed by atoms with E-state index >= 15 is 0 Å². The molecule has 1 fully saturated rings. The Morgan fingerprint density at radius 1 is 1.20 bits per heavy atom. The number of hydrogen-bond acceptors (Lipinski definition) is 5. The highest BCUT2D eigenvalue weighted by molar-refractivity contribution is 6.31. The summed E-state index contributed by atoms with van der Waals surface area (Å²) < 4.78 is 43.3. The molecule has 1 saturated heterocycles. The summed E-state index contributed by atoms with van der Waals surface area (Å²) in [7, 11) is 1.51. The molecule has 3 rings (SSSR count). The molecule has 1 aliphatic rings. The lowest BCUT2D eigenvalue weighted by Gasteiger charge is -2.38. The van der Waals surface area contributed by atoms with Crippen molar-refractivity contribution in [2.75, 3.05) is 43.5 Å². The zero-order valence-electron chi connectivity index (χ0n) is 16.5. The molecule has 30 heavy (non-hydrogen) atoms. The fraction of sp³-hybridized carbons (Fsp3) is 0.400. The van der Waals surface area contributed by atoms with Crippen LogP contribution >= 0.6 is 11.6 Å². The zero-order valence-corrected chi connectivity index (χ0v) is 17.3. The number of aromatic nitrogens is 1. The SMILES string of the molecule is COc1ccc(Cl)cc1NC(=O)C(C)N1CCN(c2ccc(C(F)(F)F)cn2)CC1. The number of alkyl halides is 3. The molecule has 1 atom stereocenters. The molecule has 1 aromatic heterocycles. The van der Waals surface area contributed by atoms with Crippen molar-refractivity contribution >= 4 is 29.0 Å². The molecule has 2 heterocycles. The van der Waals surface area contributed by atoms with Crippen LogP contribution in [-0.2, 0) is 11.0 Å². The Balaban J connectivity index is 1.58. The van der Waals surface area contributed by atoms with Crippen LogP contribution in [0.1, 0.15) is 12.5 Å². The van der Waals surface area contributed by atoms with Gasteiger partial charge in [-0.05, 0) is 37.3 Å². The maximum atomic E-state index is 12.7. The number of nitrogens with one attached hydrogen (secondary N) is 1. The minimum absolute atomic E-state index is 0.198. The van der Waals surface area contributed by atoms with Crippen molar-refractivity contribution in [2.24, 2.45) is 0 Å². The first-order chi connectivity index (χ1) is 14.2. The number of carbonyl (C=O) groups is 1. The van der Waals surface area contributed by atoms with Crippen molar-refractivity contribution < 1.29 is 22.7 Å². The fourth-order valence-electron chi connectivity index (χ4n) is 3.26. The molecule has 0 spiro atoms. The van der Waals surface area contributed by atoms with Gasteiger partial charge in [0.15, 0.2) is 0 Å². The summed E-state index contributed by atoms with van der Waals surface area (Å²) in [6.45, 7) is 4.05. The van der Waals surface area contributed by atoms with E-state index in [1.54, 1.807) is 25.1 Å². The number of ether oxygens (including phenoxy) is 1. The number of halogens is 4. The number of rotatable bonds is 5. The third-order valence-corrected chi connectivity index (χ3v) is 5.30. The molecular formula is C20H22ClF3N4O2. The van der Waals surface area contributed by atoms with Gasteiger partial charge in [0.2, 0.25) is 5.91 Å². The van der Waals surface area contributed by atoms with Gasteiger partial charge in [0.25, 0.3) is 0 Å². The van der Waals surface area contributed by atoms with E-state index in [2.05, 4.69) is 10.3 Å². The monoisotopic (exact) mass is 442 g/mol. The van der Waals surface area contributed by atoms with Gasteiger partial charge >= 0.3 is 6.18 Å². The second-order valence-electron chi connectivity index (χ2n) is 6.94. The first kappa shape index (κ1) is 22.2. The van der Waals surface area contributed by atoms with Crippen LogP contribution < -0.4 is 15.0 Å². The van der Waals surface area contributed by atoms with Crippen molar-refractivity contribution in [3.63, 3.8) is 0 Å². The van der Waals surface area contributed by atoms with E-state index in [4.69, 9.17) is 16.3 Å². The Morgan fingerprint density at radius 2 is 1.90 bits per heavy atom. The second kappa shape index (κ2) is 9.09. The van der Waals surface area contributed by atoms with Crippen LogP contribution in [0, 0.1) is 0 Å². The molecule has 1 unspecified atom stereocenters. The fourth-order valence-corrected chi connectivity index (χ4v) is 3.43. The molecule has 1 N–H and O–H groups in total. The number of nitrogens with zero attached hydrogens (tertiary/aromatic N) is 3. The summed E-state index contributed by atoms with van der Waals surface area (Å²) in [5.41, 5.74) is -0.277. The second-order valence-corrected chi connectivity index (χ2v) is 7.37. The Hall–Kier alpha value is -2.52. The van der Waals surface area contributed by atoms with E-state index in [1.165, 1.54) is 13.2 Å². The number of benzene rings is 1. The Bertz CT molecular complexity index is 885. The van der Waals surface area contributed by atoms with E-state index in [1.807, 2.05) is 9.80 Å². The lowest BCUT2D eigenvalue weighted by Crippen LogP contribution is -2.53. The van der Waals surface area contributed by atoms with Gasteiger partial charge in [-0.15, -0.1) is 0 Å². The number of piperazine rings is 1. The summed E-state index contributed by atoms with van der Waals surface area (Å²) in [5.74, 6) is 0.804. The summed E-state index contributed by atoms with van der Waals surface area (Å²) in [6, 6.07) is 6.98. The number of carbonyl (C=O) groups excluding carboxylic acids is 1. The summed E-state index contributed by atoms with van der Waals surface area (Å²) in [4.78, 5) is 20.5. The van der Waals surface area contributed by atoms with Gasteiger partial charge in [-0.2, -0.15) is 13.2 Å². The molecule has 0 aliphatic carbocycles. The minimum atomic E-state index is -4.40. The molecule has 1 aliphatic heterocycles. The van der Waals surface area contributed by atoms with Crippen molar-refractivity contribution in [2.45, 2.75) is 19.1 Å². The summed E-state index contributed by atoms with van der Waals surface area (Å²) >= 11 is 6.00. The average molecular weight is 443 g/mol. The van der Waals surface area contributed by atoms with Crippen molar-refractivity contribution in [3.05, 3.63) is 47.1 Å². The molecule has 1 amide bonds. The van der Waals surface area contributed by atoms with Crippen LogP contribution in [0.3, 0.4) is 0 Å². The Morgan fingerprint density at radius 3 is 2.47 bits per heavy atom.